The van der Waals surface area contributed by atoms with Crippen molar-refractivity contribution < 1.29 is 4.74 Å². The lowest BCUT2D eigenvalue weighted by molar-refractivity contribution is 0.0571. The van der Waals surface area contributed by atoms with E-state index in [0.29, 0.717) is 18.7 Å². The minimum atomic E-state index is -0.392. The number of benzene rings is 1. The van der Waals surface area contributed by atoms with Crippen molar-refractivity contribution in [3.8, 4) is 0 Å². The molecule has 1 aliphatic heterocycles. The number of H-pyrrole nitrogens is 1. The molecular formula is C28H34N6O2S. The summed E-state index contributed by atoms with van der Waals surface area (Å²) in [5, 5.41) is 16.4. The molecule has 8 nitrogen and oxygen atoms in total. The summed E-state index contributed by atoms with van der Waals surface area (Å²) in [5.74, 6) is 0.749. The minimum Gasteiger partial charge on any atom is -0.377 e. The molecule has 1 N–H and O–H groups in total. The normalized spacial score (nSPS) is 19.7. The quantitative estimate of drug-likeness (QED) is 0.347. The molecule has 1 aliphatic carbocycles. The Morgan fingerprint density at radius 1 is 1.16 bits per heavy atom. The highest BCUT2D eigenvalue weighted by Gasteiger charge is 2.35. The molecule has 0 unspecified atom stereocenters. The predicted octanol–water partition coefficient (Wildman–Crippen LogP) is 5.16. The van der Waals surface area contributed by atoms with E-state index in [2.05, 4.69) is 49.0 Å². The van der Waals surface area contributed by atoms with Crippen LogP contribution >= 0.6 is 11.3 Å². The number of aromatic amines is 1. The summed E-state index contributed by atoms with van der Waals surface area (Å²) in [6, 6.07) is 12.3. The van der Waals surface area contributed by atoms with Gasteiger partial charge in [0.15, 0.2) is 5.82 Å². The second-order valence-electron chi connectivity index (χ2n) is 10.4. The van der Waals surface area contributed by atoms with Gasteiger partial charge in [0.1, 0.15) is 6.04 Å². The van der Waals surface area contributed by atoms with Crippen molar-refractivity contribution in [1.29, 1.82) is 0 Å². The molecule has 4 aromatic rings. The Morgan fingerprint density at radius 3 is 2.84 bits per heavy atom. The highest BCUT2D eigenvalue weighted by atomic mass is 32.1. The monoisotopic (exact) mass is 518 g/mol. The van der Waals surface area contributed by atoms with Crippen molar-refractivity contribution in [1.82, 2.24) is 30.1 Å². The maximum Gasteiger partial charge on any atom is 0.253 e. The molecule has 0 bridgehead atoms. The van der Waals surface area contributed by atoms with Crippen molar-refractivity contribution in [2.24, 2.45) is 0 Å². The molecule has 1 saturated heterocycles. The third kappa shape index (κ3) is 5.12. The number of thiophene rings is 1. The van der Waals surface area contributed by atoms with Gasteiger partial charge in [-0.2, -0.15) is 0 Å². The maximum absolute atomic E-state index is 13.8. The van der Waals surface area contributed by atoms with Crippen LogP contribution in [-0.2, 0) is 11.3 Å². The second kappa shape index (κ2) is 10.8. The van der Waals surface area contributed by atoms with E-state index in [1.54, 1.807) is 11.3 Å². The molecule has 3 aromatic heterocycles. The smallest absolute Gasteiger partial charge is 0.253 e. The highest BCUT2D eigenvalue weighted by Crippen LogP contribution is 2.35. The largest absolute Gasteiger partial charge is 0.377 e. The zero-order valence-corrected chi connectivity index (χ0v) is 22.1. The van der Waals surface area contributed by atoms with Crippen LogP contribution in [0.15, 0.2) is 46.6 Å². The molecule has 2 atom stereocenters. The van der Waals surface area contributed by atoms with Crippen molar-refractivity contribution in [3.63, 3.8) is 0 Å². The van der Waals surface area contributed by atoms with E-state index in [0.717, 1.165) is 54.6 Å². The van der Waals surface area contributed by atoms with Gasteiger partial charge in [-0.3, -0.25) is 9.69 Å². The summed E-state index contributed by atoms with van der Waals surface area (Å²) in [4.78, 5) is 20.6. The molecular weight excluding hydrogens is 484 g/mol. The number of hydrogen-bond acceptors (Lipinski definition) is 7. The zero-order valence-electron chi connectivity index (χ0n) is 21.3. The van der Waals surface area contributed by atoms with Crippen LogP contribution in [-0.4, -0.2) is 49.3 Å². The molecule has 1 saturated carbocycles. The standard InChI is InChI=1S/C28H34N6O2S/c1-19-8-5-9-20-16-24(28(35)29-25(19)20)26(27-30-31-32-34(27)21-10-3-2-4-11-21)33(17-22-12-6-14-36-22)18-23-13-7-15-37-23/h5,7-9,13,15-16,21-22,26H,2-4,6,10-12,14,17-18H2,1H3,(H,29,35)/t22-,26+/m0/s1. The first kappa shape index (κ1) is 24.5. The lowest BCUT2D eigenvalue weighted by Crippen LogP contribution is -2.39. The average molecular weight is 519 g/mol. The van der Waals surface area contributed by atoms with Gasteiger partial charge in [0.25, 0.3) is 5.56 Å². The molecule has 2 fully saturated rings. The first-order chi connectivity index (χ1) is 18.2. The number of para-hydroxylation sites is 1. The summed E-state index contributed by atoms with van der Waals surface area (Å²) in [5.41, 5.74) is 2.53. The molecule has 0 amide bonds. The lowest BCUT2D eigenvalue weighted by atomic mass is 9.95. The van der Waals surface area contributed by atoms with E-state index in [4.69, 9.17) is 4.74 Å². The van der Waals surface area contributed by atoms with Gasteiger partial charge in [-0.25, -0.2) is 4.68 Å². The molecule has 37 heavy (non-hydrogen) atoms. The van der Waals surface area contributed by atoms with Crippen LogP contribution in [0.25, 0.3) is 10.9 Å². The number of hydrogen-bond donors (Lipinski definition) is 1. The van der Waals surface area contributed by atoms with E-state index >= 15 is 0 Å². The number of ether oxygens (including phenoxy) is 1. The number of aryl methyl sites for hydroxylation is 1. The predicted molar refractivity (Wildman–Crippen MR) is 145 cm³/mol. The first-order valence-electron chi connectivity index (χ1n) is 13.5. The fourth-order valence-corrected chi connectivity index (χ4v) is 6.71. The Balaban J connectivity index is 1.50. The van der Waals surface area contributed by atoms with Gasteiger partial charge in [-0.1, -0.05) is 43.5 Å². The number of pyridine rings is 1. The second-order valence-corrected chi connectivity index (χ2v) is 11.4. The molecule has 6 rings (SSSR count). The van der Waals surface area contributed by atoms with E-state index < -0.39 is 6.04 Å². The van der Waals surface area contributed by atoms with Gasteiger partial charge in [0.05, 0.1) is 17.7 Å². The molecule has 0 radical (unpaired) electrons. The summed E-state index contributed by atoms with van der Waals surface area (Å²) in [7, 11) is 0. The lowest BCUT2D eigenvalue weighted by Gasteiger charge is -2.33. The Bertz CT molecular complexity index is 1390. The highest BCUT2D eigenvalue weighted by molar-refractivity contribution is 7.09. The summed E-state index contributed by atoms with van der Waals surface area (Å²) < 4.78 is 8.10. The van der Waals surface area contributed by atoms with Gasteiger partial charge in [0, 0.05) is 30.1 Å². The first-order valence-corrected chi connectivity index (χ1v) is 14.3. The van der Waals surface area contributed by atoms with Crippen LogP contribution in [0, 0.1) is 6.92 Å². The van der Waals surface area contributed by atoms with Gasteiger partial charge in [0.2, 0.25) is 0 Å². The third-order valence-corrected chi connectivity index (χ3v) is 8.72. The minimum absolute atomic E-state index is 0.0893. The molecule has 2 aliphatic rings. The number of aromatic nitrogens is 5. The number of fused-ring (bicyclic) bond motifs is 1. The van der Waals surface area contributed by atoms with Crippen LogP contribution in [0.4, 0.5) is 0 Å². The van der Waals surface area contributed by atoms with Gasteiger partial charge < -0.3 is 9.72 Å². The Hall–Kier alpha value is -2.88. The summed E-state index contributed by atoms with van der Waals surface area (Å²) >= 11 is 1.73. The topological polar surface area (TPSA) is 88.9 Å². The van der Waals surface area contributed by atoms with Gasteiger partial charge in [-0.15, -0.1) is 16.4 Å². The van der Waals surface area contributed by atoms with Crippen molar-refractivity contribution >= 4 is 22.2 Å². The van der Waals surface area contributed by atoms with Crippen molar-refractivity contribution in [3.05, 3.63) is 74.0 Å². The third-order valence-electron chi connectivity index (χ3n) is 7.86. The van der Waals surface area contributed by atoms with Gasteiger partial charge >= 0.3 is 0 Å². The summed E-state index contributed by atoms with van der Waals surface area (Å²) in [6.45, 7) is 4.23. The van der Waals surface area contributed by atoms with E-state index in [1.165, 1.54) is 24.1 Å². The van der Waals surface area contributed by atoms with Crippen molar-refractivity contribution in [2.45, 2.75) is 76.6 Å². The Labute approximate surface area is 220 Å². The number of nitrogens with zero attached hydrogens (tertiary/aromatic N) is 5. The SMILES string of the molecule is Cc1cccc2cc([C@H](c3nnnn3C3CCCCC3)N(Cc3cccs3)C[C@@H]3CCCO3)c(=O)[nH]c12. The maximum atomic E-state index is 13.8. The van der Waals surface area contributed by atoms with Crippen molar-refractivity contribution in [2.75, 3.05) is 13.2 Å². The molecule has 9 heteroatoms. The Morgan fingerprint density at radius 2 is 2.05 bits per heavy atom. The van der Waals surface area contributed by atoms with E-state index in [1.807, 2.05) is 29.8 Å². The van der Waals surface area contributed by atoms with Crippen LogP contribution in [0.1, 0.15) is 78.9 Å². The Kier molecular flexibility index (Phi) is 7.17. The zero-order chi connectivity index (χ0) is 25.2. The molecule has 0 spiro atoms. The van der Waals surface area contributed by atoms with Crippen LogP contribution in [0.5, 0.6) is 0 Å². The summed E-state index contributed by atoms with van der Waals surface area (Å²) in [6.07, 6.45) is 7.96. The van der Waals surface area contributed by atoms with Crippen LogP contribution in [0.3, 0.4) is 0 Å². The molecule has 194 valence electrons. The fraction of sp³-hybridized carbons (Fsp3) is 0.500. The molecule has 1 aromatic carbocycles. The van der Waals surface area contributed by atoms with Crippen LogP contribution < -0.4 is 5.56 Å². The number of tetrazole rings is 1. The number of rotatable bonds is 8. The fourth-order valence-electron chi connectivity index (χ4n) is 5.98. The van der Waals surface area contributed by atoms with E-state index in [9.17, 15) is 4.79 Å². The average Bonchev–Trinajstić information content (AvgIpc) is 3.70. The van der Waals surface area contributed by atoms with Gasteiger partial charge in [-0.05, 0) is 71.5 Å². The van der Waals surface area contributed by atoms with Crippen LogP contribution in [0.2, 0.25) is 0 Å². The molecule has 4 heterocycles. The number of nitrogens with one attached hydrogen (secondary N) is 1. The van der Waals surface area contributed by atoms with E-state index in [-0.39, 0.29) is 17.7 Å².